The first-order valence-electron chi connectivity index (χ1n) is 6.45. The van der Waals surface area contributed by atoms with Gasteiger partial charge < -0.3 is 15.2 Å². The fourth-order valence-electron chi connectivity index (χ4n) is 2.07. The van der Waals surface area contributed by atoms with Gasteiger partial charge in [0.2, 0.25) is 0 Å². The number of nitrogens with two attached hydrogens (primary N) is 1. The quantitative estimate of drug-likeness (QED) is 0.720. The number of rotatable bonds is 1. The van der Waals surface area contributed by atoms with Crippen molar-refractivity contribution in [2.75, 3.05) is 18.9 Å². The number of anilines is 1. The van der Waals surface area contributed by atoms with Crippen molar-refractivity contribution in [2.24, 2.45) is 0 Å². The summed E-state index contributed by atoms with van der Waals surface area (Å²) in [5.74, 6) is 2.19. The van der Waals surface area contributed by atoms with E-state index in [1.807, 2.05) is 13.0 Å². The number of aromatic nitrogens is 2. The predicted molar refractivity (Wildman–Crippen MR) is 90.0 cm³/mol. The highest BCUT2D eigenvalue weighted by molar-refractivity contribution is 14.1. The molecule has 21 heavy (non-hydrogen) atoms. The summed E-state index contributed by atoms with van der Waals surface area (Å²) >= 11 is 8.42. The Morgan fingerprint density at radius 3 is 2.76 bits per heavy atom. The Bertz CT molecular complexity index is 686. The lowest BCUT2D eigenvalue weighted by Crippen LogP contribution is -2.02. The lowest BCUT2D eigenvalue weighted by molar-refractivity contribution is 0.297. The largest absolute Gasteiger partial charge is 0.489 e. The van der Waals surface area contributed by atoms with E-state index in [0.717, 1.165) is 21.2 Å². The minimum Gasteiger partial charge on any atom is -0.489 e. The van der Waals surface area contributed by atoms with E-state index in [4.69, 9.17) is 26.8 Å². The van der Waals surface area contributed by atoms with Crippen molar-refractivity contribution in [2.45, 2.75) is 13.3 Å². The van der Waals surface area contributed by atoms with Crippen molar-refractivity contribution in [1.29, 1.82) is 0 Å². The molecule has 0 amide bonds. The number of ether oxygens (including phenoxy) is 2. The lowest BCUT2D eigenvalue weighted by Gasteiger charge is -2.12. The summed E-state index contributed by atoms with van der Waals surface area (Å²) in [5.41, 5.74) is 7.51. The molecule has 1 aromatic carbocycles. The molecule has 2 heterocycles. The van der Waals surface area contributed by atoms with Crippen LogP contribution in [0.1, 0.15) is 12.1 Å². The second-order valence-electron chi connectivity index (χ2n) is 4.67. The Hall–Kier alpha value is -1.28. The highest BCUT2D eigenvalue weighted by Gasteiger charge is 2.18. The van der Waals surface area contributed by atoms with Gasteiger partial charge in [-0.3, -0.25) is 0 Å². The van der Waals surface area contributed by atoms with Crippen molar-refractivity contribution in [3.63, 3.8) is 0 Å². The summed E-state index contributed by atoms with van der Waals surface area (Å²) in [4.78, 5) is 8.79. The summed E-state index contributed by atoms with van der Waals surface area (Å²) in [6.07, 6.45) is 0.826. The Balaban J connectivity index is 2.11. The third kappa shape index (κ3) is 2.87. The zero-order valence-corrected chi connectivity index (χ0v) is 14.2. The molecule has 0 fully saturated rings. The van der Waals surface area contributed by atoms with Gasteiger partial charge in [0, 0.05) is 12.0 Å². The lowest BCUT2D eigenvalue weighted by atomic mass is 10.2. The summed E-state index contributed by atoms with van der Waals surface area (Å²) in [6, 6.07) is 3.61. The van der Waals surface area contributed by atoms with Crippen LogP contribution in [-0.4, -0.2) is 23.2 Å². The van der Waals surface area contributed by atoms with Crippen LogP contribution < -0.4 is 15.2 Å². The molecule has 0 saturated carbocycles. The summed E-state index contributed by atoms with van der Waals surface area (Å²) in [7, 11) is 0. The Morgan fingerprint density at radius 1 is 1.24 bits per heavy atom. The van der Waals surface area contributed by atoms with Crippen molar-refractivity contribution in [1.82, 2.24) is 9.97 Å². The molecular weight excluding hydrogens is 405 g/mol. The highest BCUT2D eigenvalue weighted by Crippen LogP contribution is 2.40. The van der Waals surface area contributed by atoms with Crippen LogP contribution in [0, 0.1) is 10.5 Å². The highest BCUT2D eigenvalue weighted by atomic mass is 127. The fourth-order valence-corrected chi connectivity index (χ4v) is 2.58. The van der Waals surface area contributed by atoms with E-state index in [2.05, 4.69) is 32.6 Å². The maximum absolute atomic E-state index is 6.29. The van der Waals surface area contributed by atoms with E-state index in [1.54, 1.807) is 6.07 Å². The van der Waals surface area contributed by atoms with Gasteiger partial charge in [-0.05, 0) is 41.6 Å². The number of halogens is 2. The molecule has 1 aromatic heterocycles. The fraction of sp³-hybridized carbons (Fsp3) is 0.286. The molecule has 5 nitrogen and oxygen atoms in total. The number of hydrogen-bond donors (Lipinski definition) is 1. The van der Waals surface area contributed by atoms with Crippen LogP contribution >= 0.6 is 34.2 Å². The van der Waals surface area contributed by atoms with E-state index in [1.165, 1.54) is 0 Å². The molecule has 2 aromatic rings. The number of fused-ring (bicyclic) bond motifs is 1. The molecule has 7 heteroatoms. The van der Waals surface area contributed by atoms with Gasteiger partial charge in [-0.15, -0.1) is 0 Å². The second-order valence-corrected chi connectivity index (χ2v) is 6.15. The van der Waals surface area contributed by atoms with Gasteiger partial charge in [0.1, 0.15) is 5.82 Å². The monoisotopic (exact) mass is 417 g/mol. The van der Waals surface area contributed by atoms with Crippen LogP contribution in [-0.2, 0) is 0 Å². The SMILES string of the molecule is Cc1nc(-c2cc(Cl)c3c(c2)OCCCO3)nc(N)c1I. The Morgan fingerprint density at radius 2 is 2.00 bits per heavy atom. The summed E-state index contributed by atoms with van der Waals surface area (Å²) in [6.45, 7) is 3.09. The van der Waals surface area contributed by atoms with Gasteiger partial charge in [0.25, 0.3) is 0 Å². The minimum absolute atomic E-state index is 0.460. The molecule has 0 unspecified atom stereocenters. The smallest absolute Gasteiger partial charge is 0.179 e. The molecule has 110 valence electrons. The van der Waals surface area contributed by atoms with E-state index in [0.29, 0.717) is 41.4 Å². The first kappa shape index (κ1) is 14.6. The van der Waals surface area contributed by atoms with E-state index < -0.39 is 0 Å². The van der Waals surface area contributed by atoms with Crippen LogP contribution in [0.2, 0.25) is 5.02 Å². The van der Waals surface area contributed by atoms with Gasteiger partial charge in [0.05, 0.1) is 27.5 Å². The molecule has 3 rings (SSSR count). The molecule has 1 aliphatic heterocycles. The molecule has 0 atom stereocenters. The minimum atomic E-state index is 0.460. The Labute approximate surface area is 141 Å². The molecule has 1 aliphatic rings. The van der Waals surface area contributed by atoms with Gasteiger partial charge >= 0.3 is 0 Å². The Kier molecular flexibility index (Phi) is 4.08. The van der Waals surface area contributed by atoms with Crippen LogP contribution in [0.15, 0.2) is 12.1 Å². The molecule has 0 saturated heterocycles. The molecule has 0 aliphatic carbocycles. The topological polar surface area (TPSA) is 70.3 Å². The zero-order chi connectivity index (χ0) is 15.0. The third-order valence-corrected chi connectivity index (χ3v) is 4.72. The van der Waals surface area contributed by atoms with Crippen molar-refractivity contribution >= 4 is 40.0 Å². The molecule has 0 spiro atoms. The standard InChI is InChI=1S/C14H13ClIN3O2/c1-7-11(16)13(17)19-14(18-7)8-5-9(15)12-10(6-8)20-3-2-4-21-12/h5-6H,2-4H2,1H3,(H2,17,18,19). The van der Waals surface area contributed by atoms with Crippen molar-refractivity contribution in [3.05, 3.63) is 26.4 Å². The average Bonchev–Trinajstić information content (AvgIpc) is 2.69. The third-order valence-electron chi connectivity index (χ3n) is 3.10. The number of nitrogens with zero attached hydrogens (tertiary/aromatic N) is 2. The van der Waals surface area contributed by atoms with E-state index in [-0.39, 0.29) is 0 Å². The van der Waals surface area contributed by atoms with Crippen molar-refractivity contribution < 1.29 is 9.47 Å². The summed E-state index contributed by atoms with van der Waals surface area (Å²) < 4.78 is 12.1. The van der Waals surface area contributed by atoms with Gasteiger partial charge in [-0.25, -0.2) is 9.97 Å². The first-order valence-corrected chi connectivity index (χ1v) is 7.91. The van der Waals surface area contributed by atoms with Crippen LogP contribution in [0.3, 0.4) is 0 Å². The molecule has 0 bridgehead atoms. The second kappa shape index (κ2) is 5.84. The van der Waals surface area contributed by atoms with E-state index >= 15 is 0 Å². The maximum Gasteiger partial charge on any atom is 0.179 e. The van der Waals surface area contributed by atoms with Crippen LogP contribution in [0.5, 0.6) is 11.5 Å². The van der Waals surface area contributed by atoms with Crippen LogP contribution in [0.25, 0.3) is 11.4 Å². The normalized spacial score (nSPS) is 13.9. The predicted octanol–water partition coefficient (Wildman–Crippen LogP) is 3.45. The van der Waals surface area contributed by atoms with Gasteiger partial charge in [0.15, 0.2) is 17.3 Å². The zero-order valence-electron chi connectivity index (χ0n) is 11.3. The maximum atomic E-state index is 6.29. The van der Waals surface area contributed by atoms with Gasteiger partial charge in [-0.1, -0.05) is 11.6 Å². The molecular formula is C14H13ClIN3O2. The number of hydrogen-bond acceptors (Lipinski definition) is 5. The number of benzene rings is 1. The number of aryl methyl sites for hydroxylation is 1. The van der Waals surface area contributed by atoms with Crippen LogP contribution in [0.4, 0.5) is 5.82 Å². The average molecular weight is 418 g/mol. The van der Waals surface area contributed by atoms with Crippen molar-refractivity contribution in [3.8, 4) is 22.9 Å². The van der Waals surface area contributed by atoms with Gasteiger partial charge in [-0.2, -0.15) is 0 Å². The molecule has 0 radical (unpaired) electrons. The summed E-state index contributed by atoms with van der Waals surface area (Å²) in [5, 5.41) is 0.489. The first-order chi connectivity index (χ1) is 10.1. The number of nitrogen functional groups attached to an aromatic ring is 1. The van der Waals surface area contributed by atoms with E-state index in [9.17, 15) is 0 Å². The molecule has 2 N–H and O–H groups in total.